The lowest BCUT2D eigenvalue weighted by Gasteiger charge is -2.27. The molecule has 0 aromatic heterocycles. The van der Waals surface area contributed by atoms with Crippen molar-refractivity contribution in [2.75, 3.05) is 22.1 Å². The van der Waals surface area contributed by atoms with E-state index in [0.717, 1.165) is 41.9 Å². The van der Waals surface area contributed by atoms with Gasteiger partial charge in [0.2, 0.25) is 5.91 Å². The summed E-state index contributed by atoms with van der Waals surface area (Å²) in [5.74, 6) is -0.0189. The summed E-state index contributed by atoms with van der Waals surface area (Å²) in [5.41, 5.74) is 10.3. The number of carbonyl (C=O) groups is 2. The van der Waals surface area contributed by atoms with E-state index in [1.165, 1.54) is 0 Å². The third-order valence-electron chi connectivity index (χ3n) is 5.89. The van der Waals surface area contributed by atoms with Crippen molar-refractivity contribution >= 4 is 28.9 Å². The second-order valence-corrected chi connectivity index (χ2v) is 8.44. The van der Waals surface area contributed by atoms with Gasteiger partial charge in [-0.1, -0.05) is 42.5 Å². The van der Waals surface area contributed by atoms with Gasteiger partial charge < -0.3 is 21.3 Å². The molecule has 6 heteroatoms. The molecule has 170 valence electrons. The summed E-state index contributed by atoms with van der Waals surface area (Å²) in [6.07, 6.45) is 2.55. The molecule has 1 aliphatic heterocycles. The topological polar surface area (TPSA) is 87.5 Å². The molecule has 0 bridgehead atoms. The number of nitrogens with one attached hydrogen (secondary N) is 2. The predicted octanol–water partition coefficient (Wildman–Crippen LogP) is 5.02. The number of rotatable bonds is 7. The van der Waals surface area contributed by atoms with Gasteiger partial charge >= 0.3 is 0 Å². The van der Waals surface area contributed by atoms with Crippen molar-refractivity contribution in [3.63, 3.8) is 0 Å². The van der Waals surface area contributed by atoms with Gasteiger partial charge in [0.25, 0.3) is 5.91 Å². The minimum atomic E-state index is -0.585. The van der Waals surface area contributed by atoms with Crippen molar-refractivity contribution in [3.8, 4) is 0 Å². The summed E-state index contributed by atoms with van der Waals surface area (Å²) in [5, 5.41) is 6.37. The van der Waals surface area contributed by atoms with Crippen LogP contribution in [0.15, 0.2) is 78.9 Å². The smallest absolute Gasteiger partial charge is 0.251 e. The Labute approximate surface area is 194 Å². The van der Waals surface area contributed by atoms with E-state index in [1.807, 2.05) is 90.7 Å². The van der Waals surface area contributed by atoms with Crippen LogP contribution in [-0.4, -0.2) is 18.4 Å². The highest BCUT2D eigenvalue weighted by Crippen LogP contribution is 2.26. The molecule has 1 fully saturated rings. The lowest BCUT2D eigenvalue weighted by atomic mass is 10.0. The lowest BCUT2D eigenvalue weighted by Crippen LogP contribution is -2.35. The number of nitrogens with zero attached hydrogens (tertiary/aromatic N) is 1. The van der Waals surface area contributed by atoms with Crippen molar-refractivity contribution in [2.24, 2.45) is 5.73 Å². The van der Waals surface area contributed by atoms with Gasteiger partial charge in [-0.15, -0.1) is 0 Å². The Kier molecular flexibility index (Phi) is 7.05. The fourth-order valence-corrected chi connectivity index (χ4v) is 4.04. The van der Waals surface area contributed by atoms with Gasteiger partial charge in [-0.2, -0.15) is 0 Å². The fraction of sp³-hybridized carbons (Fsp3) is 0.259. The number of hydrogen-bond donors (Lipinski definition) is 3. The van der Waals surface area contributed by atoms with Crippen molar-refractivity contribution in [2.45, 2.75) is 38.3 Å². The number of benzene rings is 3. The van der Waals surface area contributed by atoms with Crippen LogP contribution in [0, 0.1) is 0 Å². The SMILES string of the molecule is CC(N)c1cccc(NC(C(=O)Nc2ccc(N3CCCCC3=O)cc2)c2ccccc2)c1. The molecule has 33 heavy (non-hydrogen) atoms. The summed E-state index contributed by atoms with van der Waals surface area (Å²) in [6, 6.07) is 24.2. The first-order valence-corrected chi connectivity index (χ1v) is 11.4. The maximum Gasteiger partial charge on any atom is 0.251 e. The highest BCUT2D eigenvalue weighted by atomic mass is 16.2. The van der Waals surface area contributed by atoms with Crippen molar-refractivity contribution < 1.29 is 9.59 Å². The Hall–Kier alpha value is -3.64. The Bertz CT molecular complexity index is 1100. The maximum absolute atomic E-state index is 13.3. The molecular formula is C27H30N4O2. The third-order valence-corrected chi connectivity index (χ3v) is 5.89. The molecule has 0 aliphatic carbocycles. The first-order chi connectivity index (χ1) is 16.0. The Morgan fingerprint density at radius 2 is 1.64 bits per heavy atom. The molecule has 1 heterocycles. The Balaban J connectivity index is 1.52. The summed E-state index contributed by atoms with van der Waals surface area (Å²) in [4.78, 5) is 27.3. The monoisotopic (exact) mass is 442 g/mol. The molecule has 0 saturated carbocycles. The van der Waals surface area contributed by atoms with Crippen molar-refractivity contribution in [3.05, 3.63) is 90.0 Å². The highest BCUT2D eigenvalue weighted by Gasteiger charge is 2.22. The zero-order valence-electron chi connectivity index (χ0n) is 18.8. The average Bonchev–Trinajstić information content (AvgIpc) is 2.84. The van der Waals surface area contributed by atoms with E-state index in [-0.39, 0.29) is 17.9 Å². The van der Waals surface area contributed by atoms with Crippen LogP contribution in [0.2, 0.25) is 0 Å². The molecule has 3 aromatic carbocycles. The third kappa shape index (κ3) is 5.59. The molecule has 0 radical (unpaired) electrons. The molecule has 1 saturated heterocycles. The standard InChI is InChI=1S/C27H30N4O2/c1-19(28)21-10-7-11-23(18-21)29-26(20-8-3-2-4-9-20)27(33)30-22-13-15-24(16-14-22)31-17-6-5-12-25(31)32/h2-4,7-11,13-16,18-19,26,29H,5-6,12,17,28H2,1H3,(H,30,33). The first kappa shape index (κ1) is 22.6. The lowest BCUT2D eigenvalue weighted by molar-refractivity contribution is -0.119. The maximum atomic E-state index is 13.3. The van der Waals surface area contributed by atoms with E-state index in [2.05, 4.69) is 10.6 Å². The van der Waals surface area contributed by atoms with Crippen LogP contribution in [-0.2, 0) is 9.59 Å². The van der Waals surface area contributed by atoms with Gasteiger partial charge in [-0.05, 0) is 67.3 Å². The number of carbonyl (C=O) groups excluding carboxylic acids is 2. The van der Waals surface area contributed by atoms with Crippen LogP contribution in [0.3, 0.4) is 0 Å². The summed E-state index contributed by atoms with van der Waals surface area (Å²) < 4.78 is 0. The fourth-order valence-electron chi connectivity index (χ4n) is 4.04. The molecule has 2 unspecified atom stereocenters. The number of amides is 2. The van der Waals surface area contributed by atoms with Crippen LogP contribution in [0.1, 0.15) is 49.4 Å². The molecular weight excluding hydrogens is 412 g/mol. The quantitative estimate of drug-likeness (QED) is 0.480. The van der Waals surface area contributed by atoms with Crippen molar-refractivity contribution in [1.82, 2.24) is 0 Å². The van der Waals surface area contributed by atoms with E-state index >= 15 is 0 Å². The van der Waals surface area contributed by atoms with Crippen LogP contribution in [0.4, 0.5) is 17.1 Å². The van der Waals surface area contributed by atoms with E-state index < -0.39 is 6.04 Å². The largest absolute Gasteiger partial charge is 0.370 e. The van der Waals surface area contributed by atoms with E-state index in [4.69, 9.17) is 5.73 Å². The minimum Gasteiger partial charge on any atom is -0.370 e. The zero-order chi connectivity index (χ0) is 23.2. The van der Waals surface area contributed by atoms with Crippen molar-refractivity contribution in [1.29, 1.82) is 0 Å². The van der Waals surface area contributed by atoms with E-state index in [0.29, 0.717) is 12.1 Å². The second kappa shape index (κ2) is 10.3. The first-order valence-electron chi connectivity index (χ1n) is 11.4. The zero-order valence-corrected chi connectivity index (χ0v) is 18.8. The molecule has 1 aliphatic rings. The Morgan fingerprint density at radius 3 is 2.33 bits per heavy atom. The average molecular weight is 443 g/mol. The van der Waals surface area contributed by atoms with E-state index in [1.54, 1.807) is 0 Å². The van der Waals surface area contributed by atoms with Gasteiger partial charge in [-0.25, -0.2) is 0 Å². The number of nitrogens with two attached hydrogens (primary N) is 1. The predicted molar refractivity (Wildman–Crippen MR) is 133 cm³/mol. The van der Waals surface area contributed by atoms with Gasteiger partial charge in [0.1, 0.15) is 6.04 Å². The van der Waals surface area contributed by atoms with Gasteiger partial charge in [0.15, 0.2) is 0 Å². The number of hydrogen-bond acceptors (Lipinski definition) is 4. The molecule has 2 amide bonds. The molecule has 4 N–H and O–H groups in total. The normalized spacial score (nSPS) is 15.6. The summed E-state index contributed by atoms with van der Waals surface area (Å²) in [6.45, 7) is 2.67. The highest BCUT2D eigenvalue weighted by molar-refractivity contribution is 5.98. The summed E-state index contributed by atoms with van der Waals surface area (Å²) in [7, 11) is 0. The van der Waals surface area contributed by atoms with Gasteiger partial charge in [-0.3, -0.25) is 9.59 Å². The summed E-state index contributed by atoms with van der Waals surface area (Å²) >= 11 is 0. The number of anilines is 3. The molecule has 2 atom stereocenters. The number of piperidine rings is 1. The van der Waals surface area contributed by atoms with Crippen LogP contribution >= 0.6 is 0 Å². The molecule has 6 nitrogen and oxygen atoms in total. The molecule has 0 spiro atoms. The van der Waals surface area contributed by atoms with E-state index in [9.17, 15) is 9.59 Å². The Morgan fingerprint density at radius 1 is 0.909 bits per heavy atom. The van der Waals surface area contributed by atoms with Gasteiger partial charge in [0.05, 0.1) is 0 Å². The van der Waals surface area contributed by atoms with Crippen LogP contribution in [0.5, 0.6) is 0 Å². The molecule has 3 aromatic rings. The molecule has 4 rings (SSSR count). The second-order valence-electron chi connectivity index (χ2n) is 8.44. The minimum absolute atomic E-state index is 0.0962. The van der Waals surface area contributed by atoms with Crippen LogP contribution in [0.25, 0.3) is 0 Å². The van der Waals surface area contributed by atoms with Gasteiger partial charge in [0, 0.05) is 36.1 Å². The van der Waals surface area contributed by atoms with Crippen LogP contribution < -0.4 is 21.3 Å².